The average molecular weight is 367 g/mol. The third-order valence-corrected chi connectivity index (χ3v) is 2.76. The second-order valence-corrected chi connectivity index (χ2v) is 4.01. The van der Waals surface area contributed by atoms with E-state index in [4.69, 9.17) is 16.7 Å². The number of hydrogen-bond acceptors (Lipinski definition) is 3. The lowest BCUT2D eigenvalue weighted by molar-refractivity contribution is -0.275. The zero-order valence-electron chi connectivity index (χ0n) is 7.68. The molecular weight excluding hydrogens is 361 g/mol. The number of nitrogens with zero attached hydrogens (tertiary/aromatic N) is 1. The van der Waals surface area contributed by atoms with E-state index in [0.29, 0.717) is 5.56 Å². The highest BCUT2D eigenvalue weighted by Crippen LogP contribution is 2.32. The van der Waals surface area contributed by atoms with Crippen molar-refractivity contribution in [1.29, 1.82) is 0 Å². The van der Waals surface area contributed by atoms with E-state index >= 15 is 0 Å². The van der Waals surface area contributed by atoms with Crippen molar-refractivity contribution in [3.05, 3.63) is 21.0 Å². The van der Waals surface area contributed by atoms with Gasteiger partial charge in [-0.1, -0.05) is 0 Å². The smallest absolute Gasteiger partial charge is 0.403 e. The Morgan fingerprint density at radius 3 is 2.56 bits per heavy atom. The number of alkyl halides is 4. The summed E-state index contributed by atoms with van der Waals surface area (Å²) < 4.78 is 40.1. The quantitative estimate of drug-likeness (QED) is 0.507. The van der Waals surface area contributed by atoms with Gasteiger partial charge in [0, 0.05) is 17.6 Å². The summed E-state index contributed by atoms with van der Waals surface area (Å²) in [7, 11) is 0. The summed E-state index contributed by atoms with van der Waals surface area (Å²) in [5.74, 6) is -0.539. The Balaban J connectivity index is 3.23. The molecule has 0 aliphatic rings. The Morgan fingerprint density at radius 2 is 2.12 bits per heavy atom. The van der Waals surface area contributed by atoms with Crippen LogP contribution in [0.5, 0.6) is 5.75 Å². The van der Waals surface area contributed by atoms with Gasteiger partial charge in [-0.3, -0.25) is 0 Å². The normalized spacial score (nSPS) is 11.6. The van der Waals surface area contributed by atoms with Crippen molar-refractivity contribution >= 4 is 34.2 Å². The maximum absolute atomic E-state index is 12.1. The Kier molecular flexibility index (Phi) is 4.62. The van der Waals surface area contributed by atoms with Crippen molar-refractivity contribution in [2.24, 2.45) is 0 Å². The number of pyridine rings is 1. The molecule has 0 fully saturated rings. The molecule has 1 heterocycles. The molecule has 1 aromatic heterocycles. The van der Waals surface area contributed by atoms with E-state index in [-0.39, 0.29) is 15.1 Å². The number of ether oxygens (including phenoxy) is 1. The number of aliphatic hydroxyl groups excluding tert-OH is 1. The molecule has 0 spiro atoms. The average Bonchev–Trinajstić information content (AvgIpc) is 2.19. The fourth-order valence-corrected chi connectivity index (χ4v) is 1.85. The summed E-state index contributed by atoms with van der Waals surface area (Å²) in [6, 6.07) is 0. The molecule has 0 radical (unpaired) electrons. The van der Waals surface area contributed by atoms with Crippen LogP contribution < -0.4 is 4.74 Å². The molecule has 1 N–H and O–H groups in total. The van der Waals surface area contributed by atoms with Crippen LogP contribution in [0.15, 0.2) is 6.20 Å². The number of halogens is 5. The first-order chi connectivity index (χ1) is 7.39. The number of aliphatic hydroxyl groups is 1. The Bertz CT molecular complexity index is 386. The number of rotatable bonds is 3. The highest BCUT2D eigenvalue weighted by molar-refractivity contribution is 14.1. The van der Waals surface area contributed by atoms with Crippen LogP contribution in [0.3, 0.4) is 0 Å². The van der Waals surface area contributed by atoms with Crippen LogP contribution in [-0.2, 0) is 12.5 Å². The highest BCUT2D eigenvalue weighted by Gasteiger charge is 2.33. The molecule has 1 rings (SSSR count). The van der Waals surface area contributed by atoms with Crippen LogP contribution in [0, 0.1) is 3.70 Å². The fourth-order valence-electron chi connectivity index (χ4n) is 1.05. The van der Waals surface area contributed by atoms with Gasteiger partial charge in [-0.2, -0.15) is 0 Å². The van der Waals surface area contributed by atoms with Gasteiger partial charge in [-0.05, 0) is 28.2 Å². The van der Waals surface area contributed by atoms with Gasteiger partial charge >= 0.3 is 6.36 Å². The van der Waals surface area contributed by atoms with Gasteiger partial charge in [0.05, 0.1) is 6.61 Å². The summed E-state index contributed by atoms with van der Waals surface area (Å²) >= 11 is 7.11. The maximum Gasteiger partial charge on any atom is 0.573 e. The lowest BCUT2D eigenvalue weighted by Crippen LogP contribution is -2.20. The molecule has 0 amide bonds. The Morgan fingerprint density at radius 1 is 1.50 bits per heavy atom. The summed E-state index contributed by atoms with van der Waals surface area (Å²) in [4.78, 5) is 3.71. The van der Waals surface area contributed by atoms with Crippen molar-refractivity contribution in [2.45, 2.75) is 18.8 Å². The molecule has 0 aliphatic carbocycles. The van der Waals surface area contributed by atoms with E-state index in [1.807, 2.05) is 0 Å². The summed E-state index contributed by atoms with van der Waals surface area (Å²) in [5, 5.41) is 9.01. The lowest BCUT2D eigenvalue weighted by Gasteiger charge is -2.15. The molecule has 3 nitrogen and oxygen atoms in total. The van der Waals surface area contributed by atoms with Crippen molar-refractivity contribution in [3.8, 4) is 5.75 Å². The standard InChI is InChI=1S/C8H6ClF3INO2/c9-1-4-2-14-7(13)6(5(4)3-15)16-8(10,11)12/h2,15H,1,3H2. The fraction of sp³-hybridized carbons (Fsp3) is 0.375. The summed E-state index contributed by atoms with van der Waals surface area (Å²) in [6.07, 6.45) is -3.51. The van der Waals surface area contributed by atoms with Crippen LogP contribution in [0.25, 0.3) is 0 Å². The van der Waals surface area contributed by atoms with Gasteiger partial charge in [0.1, 0.15) is 3.70 Å². The van der Waals surface area contributed by atoms with Crippen molar-refractivity contribution in [2.75, 3.05) is 0 Å². The highest BCUT2D eigenvalue weighted by atomic mass is 127. The molecule has 0 atom stereocenters. The van der Waals surface area contributed by atoms with Crippen LogP contribution in [0.2, 0.25) is 0 Å². The van der Waals surface area contributed by atoms with Gasteiger partial charge in [0.15, 0.2) is 5.75 Å². The van der Waals surface area contributed by atoms with Gasteiger partial charge in [0.25, 0.3) is 0 Å². The van der Waals surface area contributed by atoms with Crippen LogP contribution >= 0.6 is 34.2 Å². The zero-order chi connectivity index (χ0) is 12.3. The minimum absolute atomic E-state index is 0.00623. The van der Waals surface area contributed by atoms with E-state index in [9.17, 15) is 13.2 Å². The Labute approximate surface area is 108 Å². The molecule has 16 heavy (non-hydrogen) atoms. The van der Waals surface area contributed by atoms with Gasteiger partial charge in [-0.15, -0.1) is 24.8 Å². The second-order valence-electron chi connectivity index (χ2n) is 2.72. The topological polar surface area (TPSA) is 42.4 Å². The predicted octanol–water partition coefficient (Wildman–Crippen LogP) is 2.82. The predicted molar refractivity (Wildman–Crippen MR) is 59.1 cm³/mol. The van der Waals surface area contributed by atoms with E-state index in [1.165, 1.54) is 6.20 Å². The van der Waals surface area contributed by atoms with E-state index in [1.54, 1.807) is 22.6 Å². The minimum atomic E-state index is -4.82. The number of aromatic nitrogens is 1. The van der Waals surface area contributed by atoms with Crippen LogP contribution in [-0.4, -0.2) is 16.5 Å². The maximum atomic E-state index is 12.1. The summed E-state index contributed by atoms with van der Waals surface area (Å²) in [5.41, 5.74) is 0.315. The van der Waals surface area contributed by atoms with E-state index in [0.717, 1.165) is 0 Å². The van der Waals surface area contributed by atoms with Gasteiger partial charge in [-0.25, -0.2) is 4.98 Å². The van der Waals surface area contributed by atoms with Crippen molar-refractivity contribution in [3.63, 3.8) is 0 Å². The molecule has 0 saturated heterocycles. The van der Waals surface area contributed by atoms with Crippen molar-refractivity contribution < 1.29 is 23.0 Å². The van der Waals surface area contributed by atoms with E-state index < -0.39 is 18.7 Å². The molecule has 1 aromatic rings. The third-order valence-electron chi connectivity index (χ3n) is 1.70. The monoisotopic (exact) mass is 367 g/mol. The van der Waals surface area contributed by atoms with Gasteiger partial charge < -0.3 is 9.84 Å². The van der Waals surface area contributed by atoms with E-state index in [2.05, 4.69) is 9.72 Å². The first-order valence-corrected chi connectivity index (χ1v) is 5.59. The van der Waals surface area contributed by atoms with Crippen LogP contribution in [0.4, 0.5) is 13.2 Å². The Hall–Kier alpha value is -0.280. The molecule has 90 valence electrons. The molecule has 0 aromatic carbocycles. The molecule has 0 unspecified atom stereocenters. The summed E-state index contributed by atoms with van der Waals surface area (Å²) in [6.45, 7) is -0.591. The van der Waals surface area contributed by atoms with Crippen molar-refractivity contribution in [1.82, 2.24) is 4.98 Å². The van der Waals surface area contributed by atoms with Crippen LogP contribution in [0.1, 0.15) is 11.1 Å². The first kappa shape index (κ1) is 13.8. The minimum Gasteiger partial charge on any atom is -0.403 e. The lowest BCUT2D eigenvalue weighted by atomic mass is 10.1. The molecule has 8 heteroatoms. The molecule has 0 saturated carbocycles. The number of hydrogen-bond donors (Lipinski definition) is 1. The second kappa shape index (κ2) is 5.37. The molecule has 0 bridgehead atoms. The molecule has 0 aliphatic heterocycles. The van der Waals surface area contributed by atoms with Gasteiger partial charge in [0.2, 0.25) is 0 Å². The molecular formula is C8H6ClF3INO2. The zero-order valence-corrected chi connectivity index (χ0v) is 10.6. The first-order valence-electron chi connectivity index (χ1n) is 3.98. The SMILES string of the molecule is OCc1c(CCl)cnc(I)c1OC(F)(F)F. The largest absolute Gasteiger partial charge is 0.573 e. The third kappa shape index (κ3) is 3.36.